The minimum absolute atomic E-state index is 0.143. The average Bonchev–Trinajstić information content (AvgIpc) is 4.31. The van der Waals surface area contributed by atoms with Crippen LogP contribution in [0.2, 0.25) is 0 Å². The molecule has 0 aliphatic heterocycles. The van der Waals surface area contributed by atoms with Crippen LogP contribution in [0.4, 0.5) is 5.69 Å². The maximum atomic E-state index is 9.27. The number of para-hydroxylation sites is 6. The highest BCUT2D eigenvalue weighted by atomic mass is 15.3. The molecule has 0 unspecified atom stereocenters. The molecule has 0 radical (unpaired) electrons. The fourth-order valence-electron chi connectivity index (χ4n) is 6.58. The van der Waals surface area contributed by atoms with Crippen LogP contribution in [0.25, 0.3) is 99.2 Å². The highest BCUT2D eigenvalue weighted by molar-refractivity contribution is 6.12. The first-order chi connectivity index (χ1) is 35.8. The zero-order chi connectivity index (χ0) is 55.1. The summed E-state index contributed by atoms with van der Waals surface area (Å²) in [6.45, 7) is 7.79. The molecule has 0 saturated carbocycles. The Morgan fingerprint density at radius 1 is 0.453 bits per heavy atom. The van der Waals surface area contributed by atoms with Crippen molar-refractivity contribution in [1.82, 2.24) is 28.7 Å². The van der Waals surface area contributed by atoms with Crippen molar-refractivity contribution in [2.75, 3.05) is 0 Å². The van der Waals surface area contributed by atoms with Gasteiger partial charge in [-0.3, -0.25) is 9.13 Å². The van der Waals surface area contributed by atoms with Gasteiger partial charge >= 0.3 is 0 Å². The first-order valence-corrected chi connectivity index (χ1v) is 15.6. The molecule has 7 nitrogen and oxygen atoms in total. The molecular weight excluding hydrogens is 651 g/mol. The van der Waals surface area contributed by atoms with E-state index in [1.54, 1.807) is 0 Å². The van der Waals surface area contributed by atoms with Crippen LogP contribution in [0.5, 0.6) is 0 Å². The predicted octanol–water partition coefficient (Wildman–Crippen LogP) is 11.4. The van der Waals surface area contributed by atoms with Gasteiger partial charge in [-0.1, -0.05) is 109 Å². The molecule has 7 heteroatoms. The summed E-state index contributed by atoms with van der Waals surface area (Å²) in [7, 11) is 0. The fourth-order valence-corrected chi connectivity index (χ4v) is 6.58. The molecule has 0 atom stereocenters. The second-order valence-electron chi connectivity index (χ2n) is 11.5. The number of hydrogen-bond acceptors (Lipinski definition) is 3. The Balaban J connectivity index is 1.41. The Morgan fingerprint density at radius 3 is 1.36 bits per heavy atom. The quantitative estimate of drug-likeness (QED) is 0.172. The van der Waals surface area contributed by atoms with Crippen LogP contribution in [-0.2, 0) is 0 Å². The molecule has 0 saturated heterocycles. The normalized spacial score (nSPS) is 17.8. The van der Waals surface area contributed by atoms with E-state index in [2.05, 4.69) is 4.85 Å². The molecule has 11 rings (SSSR count). The lowest BCUT2D eigenvalue weighted by Crippen LogP contribution is -2.11. The highest BCUT2D eigenvalue weighted by Crippen LogP contribution is 2.39. The van der Waals surface area contributed by atoms with Crippen LogP contribution >= 0.6 is 0 Å². The molecular formula is C46H27N7. The molecule has 0 amide bonds. The van der Waals surface area contributed by atoms with E-state index in [1.807, 2.05) is 0 Å². The first kappa shape index (κ1) is 14.6. The Bertz CT molecular complexity index is 4310. The van der Waals surface area contributed by atoms with Crippen LogP contribution in [0.1, 0.15) is 31.5 Å². The van der Waals surface area contributed by atoms with Crippen molar-refractivity contribution in [3.63, 3.8) is 0 Å². The maximum Gasteiger partial charge on any atom is 0.240 e. The average molecular weight is 701 g/mol. The summed E-state index contributed by atoms with van der Waals surface area (Å²) in [5, 5.41) is -2.24. The summed E-state index contributed by atoms with van der Waals surface area (Å²) in [6.07, 6.45) is 0. The van der Waals surface area contributed by atoms with Gasteiger partial charge in [-0.25, -0.2) is 4.85 Å². The SMILES string of the molecule is [2H]c1c([2H])c([2H])c2c(c1[2H])c1c([2H])c([2H])c([2H])c([2H])c1n2-c1nc(-c2ccccc2-n2c3c([2H])c([2H])c([2H])c([2H])c3c3c([2H])c([N+]#[C-])c([2H])c([2H])c32)nc(-n2c3c([2H])c([2H])c([2H])c([2H])c3c3c([2H])c([2H])c([2H])c([2H])c32)n1. The van der Waals surface area contributed by atoms with Gasteiger partial charge in [-0.15, -0.1) is 0 Å². The summed E-state index contributed by atoms with van der Waals surface area (Å²) in [6, 6.07) is -11.7. The van der Waals surface area contributed by atoms with Gasteiger partial charge in [-0.2, -0.15) is 15.0 Å². The zero-order valence-electron chi connectivity index (χ0n) is 49.4. The molecule has 53 heavy (non-hydrogen) atoms. The minimum Gasteiger partial charge on any atom is -0.309 e. The standard InChI is InChI=1S/C46H27N7/c1-47-29-26-27-43-36(28-29)34-18-6-8-20-37(34)51(43)42-25-13-7-19-35(42)44-48-45(52-38-21-9-2-14-30(38)31-15-3-10-22-39(31)52)50-46(49-44)53-40-23-11-4-16-32(40)33-17-5-12-24-41(33)53/h2-28H/i2D,3D,4D,5D,6D,8D,9D,10D,11D,12D,14D,15D,16D,17D,18D,20D,21D,22D,23D,24D,26D,27D,28D. The zero-order valence-corrected chi connectivity index (χ0v) is 26.4. The monoisotopic (exact) mass is 700 g/mol. The summed E-state index contributed by atoms with van der Waals surface area (Å²) in [5.74, 6) is -1.95. The second kappa shape index (κ2) is 11.2. The van der Waals surface area contributed by atoms with Crippen molar-refractivity contribution in [2.45, 2.75) is 0 Å². The van der Waals surface area contributed by atoms with Crippen molar-refractivity contribution >= 4 is 71.1 Å². The van der Waals surface area contributed by atoms with Crippen molar-refractivity contribution in [3.8, 4) is 29.0 Å². The van der Waals surface area contributed by atoms with Gasteiger partial charge in [0, 0.05) is 35.2 Å². The van der Waals surface area contributed by atoms with Gasteiger partial charge in [0.2, 0.25) is 11.9 Å². The Morgan fingerprint density at radius 2 is 0.868 bits per heavy atom. The van der Waals surface area contributed by atoms with Crippen molar-refractivity contribution in [3.05, 3.63) is 175 Å². The summed E-state index contributed by atoms with van der Waals surface area (Å²) >= 11 is 0. The smallest absolute Gasteiger partial charge is 0.240 e. The predicted molar refractivity (Wildman–Crippen MR) is 215 cm³/mol. The van der Waals surface area contributed by atoms with Crippen molar-refractivity contribution in [2.24, 2.45) is 0 Å². The minimum atomic E-state index is -0.822. The molecule has 0 bridgehead atoms. The molecule has 11 aromatic rings. The van der Waals surface area contributed by atoms with Gasteiger partial charge in [0.1, 0.15) is 0 Å². The summed E-state index contributed by atoms with van der Waals surface area (Å²) in [5.41, 5.74) is -3.54. The van der Waals surface area contributed by atoms with Crippen LogP contribution in [-0.4, -0.2) is 28.7 Å². The lowest BCUT2D eigenvalue weighted by atomic mass is 10.1. The van der Waals surface area contributed by atoms with Gasteiger partial charge in [0.05, 0.1) is 74.1 Å². The molecule has 7 aromatic carbocycles. The molecule has 0 N–H and O–H groups in total. The largest absolute Gasteiger partial charge is 0.309 e. The van der Waals surface area contributed by atoms with Crippen molar-refractivity contribution < 1.29 is 31.5 Å². The van der Waals surface area contributed by atoms with E-state index in [1.165, 1.54) is 24.3 Å². The van der Waals surface area contributed by atoms with Gasteiger partial charge in [-0.05, 0) is 59.8 Å². The lowest BCUT2D eigenvalue weighted by molar-refractivity contribution is 0.892. The number of hydrogen-bond donors (Lipinski definition) is 0. The molecule has 0 spiro atoms. The lowest BCUT2D eigenvalue weighted by Gasteiger charge is -2.16. The van der Waals surface area contributed by atoms with E-state index in [4.69, 9.17) is 44.8 Å². The number of benzene rings is 7. The number of fused-ring (bicyclic) bond motifs is 9. The van der Waals surface area contributed by atoms with E-state index in [0.29, 0.717) is 0 Å². The van der Waals surface area contributed by atoms with Crippen LogP contribution in [0.3, 0.4) is 0 Å². The maximum absolute atomic E-state index is 9.27. The third-order valence-electron chi connectivity index (χ3n) is 8.72. The summed E-state index contributed by atoms with van der Waals surface area (Å²) < 4.78 is 208. The Hall–Kier alpha value is -7.56. The molecule has 4 aromatic heterocycles. The van der Waals surface area contributed by atoms with Gasteiger partial charge in [0.25, 0.3) is 0 Å². The Kier molecular flexibility index (Phi) is 3.09. The van der Waals surface area contributed by atoms with E-state index in [-0.39, 0.29) is 33.1 Å². The molecule has 4 heterocycles. The van der Waals surface area contributed by atoms with Crippen LogP contribution < -0.4 is 0 Å². The topological polar surface area (TPSA) is 57.8 Å². The fraction of sp³-hybridized carbons (Fsp3) is 0. The molecule has 0 fully saturated rings. The van der Waals surface area contributed by atoms with Crippen LogP contribution in [0, 0.1) is 6.57 Å². The first-order valence-electron chi connectivity index (χ1n) is 27.1. The molecule has 0 aliphatic rings. The highest BCUT2D eigenvalue weighted by Gasteiger charge is 2.22. The number of aromatic nitrogens is 6. The van der Waals surface area contributed by atoms with E-state index >= 15 is 0 Å². The van der Waals surface area contributed by atoms with E-state index in [9.17, 15) is 8.22 Å². The summed E-state index contributed by atoms with van der Waals surface area (Å²) in [4.78, 5) is 17.6. The van der Waals surface area contributed by atoms with Gasteiger partial charge < -0.3 is 4.57 Å². The van der Waals surface area contributed by atoms with E-state index < -0.39 is 206 Å². The Labute approximate surface area is 335 Å². The number of rotatable bonds is 4. The second-order valence-corrected chi connectivity index (χ2v) is 11.5. The van der Waals surface area contributed by atoms with Crippen molar-refractivity contribution in [1.29, 1.82) is 0 Å². The molecule has 246 valence electrons. The third kappa shape index (κ3) is 4.24. The number of nitrogens with zero attached hydrogens (tertiary/aromatic N) is 7. The van der Waals surface area contributed by atoms with Crippen LogP contribution in [0.15, 0.2) is 163 Å². The molecule has 0 aliphatic carbocycles. The van der Waals surface area contributed by atoms with E-state index in [0.717, 1.165) is 13.7 Å². The third-order valence-corrected chi connectivity index (χ3v) is 8.72. The van der Waals surface area contributed by atoms with Gasteiger partial charge in [0.15, 0.2) is 11.5 Å².